The fraction of sp³-hybridized carbons (Fsp3) is 0.318. The molecule has 0 saturated carbocycles. The molecule has 1 aliphatic rings. The molecule has 1 saturated heterocycles. The first-order valence-electron chi connectivity index (χ1n) is 9.82. The Bertz CT molecular complexity index is 902. The van der Waals surface area contributed by atoms with Gasteiger partial charge in [0.25, 0.3) is 5.91 Å². The van der Waals surface area contributed by atoms with Crippen molar-refractivity contribution in [3.8, 4) is 5.75 Å². The van der Waals surface area contributed by atoms with Crippen molar-refractivity contribution in [2.45, 2.75) is 5.75 Å². The van der Waals surface area contributed by atoms with Crippen molar-refractivity contribution in [1.29, 1.82) is 0 Å². The average molecular weight is 506 g/mol. The number of carbonyl (C=O) groups excluding carboxylic acids is 2. The number of ether oxygens (including phenoxy) is 2. The number of nitrogens with one attached hydrogen (secondary N) is 1. The van der Waals surface area contributed by atoms with E-state index in [0.717, 1.165) is 21.4 Å². The SMILES string of the molecule is O=C(CSCc1cccc(Br)c1)N/N=C/c1ccc(OCC(=O)N2CCOCC2)cc1. The molecule has 1 aliphatic heterocycles. The molecule has 0 radical (unpaired) electrons. The lowest BCUT2D eigenvalue weighted by Crippen LogP contribution is -2.42. The summed E-state index contributed by atoms with van der Waals surface area (Å²) in [5.74, 6) is 1.49. The number of hydrogen-bond donors (Lipinski definition) is 1. The summed E-state index contributed by atoms with van der Waals surface area (Å²) >= 11 is 4.97. The number of carbonyl (C=O) groups is 2. The maximum atomic E-state index is 12.1. The molecule has 1 heterocycles. The number of amides is 2. The molecule has 2 aromatic carbocycles. The molecular weight excluding hydrogens is 482 g/mol. The van der Waals surface area contributed by atoms with Crippen LogP contribution in [0.3, 0.4) is 0 Å². The lowest BCUT2D eigenvalue weighted by Gasteiger charge is -2.26. The van der Waals surface area contributed by atoms with Crippen molar-refractivity contribution in [2.75, 3.05) is 38.7 Å². The average Bonchev–Trinajstić information content (AvgIpc) is 2.79. The fourth-order valence-electron chi connectivity index (χ4n) is 2.80. The predicted molar refractivity (Wildman–Crippen MR) is 125 cm³/mol. The van der Waals surface area contributed by atoms with E-state index in [1.807, 2.05) is 36.4 Å². The molecule has 9 heteroatoms. The van der Waals surface area contributed by atoms with E-state index in [4.69, 9.17) is 9.47 Å². The minimum atomic E-state index is -0.155. The Morgan fingerprint density at radius 2 is 1.97 bits per heavy atom. The van der Waals surface area contributed by atoms with Gasteiger partial charge in [0.2, 0.25) is 5.91 Å². The molecule has 3 rings (SSSR count). The first-order chi connectivity index (χ1) is 15.1. The summed E-state index contributed by atoms with van der Waals surface area (Å²) in [6, 6.07) is 15.2. The van der Waals surface area contributed by atoms with Gasteiger partial charge in [0.15, 0.2) is 6.61 Å². The van der Waals surface area contributed by atoms with Gasteiger partial charge in [-0.15, -0.1) is 11.8 Å². The normalized spacial score (nSPS) is 13.9. The van der Waals surface area contributed by atoms with Crippen molar-refractivity contribution in [2.24, 2.45) is 5.10 Å². The van der Waals surface area contributed by atoms with Crippen molar-refractivity contribution in [1.82, 2.24) is 10.3 Å². The topological polar surface area (TPSA) is 80.2 Å². The van der Waals surface area contributed by atoms with Crippen LogP contribution >= 0.6 is 27.7 Å². The number of hydrazone groups is 1. The summed E-state index contributed by atoms with van der Waals surface area (Å²) in [6.45, 7) is 2.35. The number of rotatable bonds is 9. The van der Waals surface area contributed by atoms with Crippen LogP contribution in [-0.2, 0) is 20.1 Å². The van der Waals surface area contributed by atoms with Crippen molar-refractivity contribution in [3.63, 3.8) is 0 Å². The van der Waals surface area contributed by atoms with E-state index in [2.05, 4.69) is 26.5 Å². The Labute approximate surface area is 194 Å². The van der Waals surface area contributed by atoms with Gasteiger partial charge in [-0.2, -0.15) is 5.10 Å². The van der Waals surface area contributed by atoms with Crippen molar-refractivity contribution >= 4 is 45.7 Å². The number of nitrogens with zero attached hydrogens (tertiary/aromatic N) is 2. The van der Waals surface area contributed by atoms with Gasteiger partial charge in [-0.25, -0.2) is 5.43 Å². The van der Waals surface area contributed by atoms with Gasteiger partial charge in [-0.05, 0) is 47.5 Å². The zero-order valence-electron chi connectivity index (χ0n) is 17.0. The highest BCUT2D eigenvalue weighted by Gasteiger charge is 2.17. The number of benzene rings is 2. The van der Waals surface area contributed by atoms with Crippen LogP contribution in [0.15, 0.2) is 58.1 Å². The molecule has 164 valence electrons. The summed E-state index contributed by atoms with van der Waals surface area (Å²) in [5, 5.41) is 3.99. The third-order valence-electron chi connectivity index (χ3n) is 4.40. The summed E-state index contributed by atoms with van der Waals surface area (Å²) < 4.78 is 11.8. The molecule has 31 heavy (non-hydrogen) atoms. The number of thioether (sulfide) groups is 1. The van der Waals surface area contributed by atoms with Gasteiger partial charge >= 0.3 is 0 Å². The van der Waals surface area contributed by atoms with Crippen LogP contribution in [0.2, 0.25) is 0 Å². The van der Waals surface area contributed by atoms with Crippen LogP contribution in [0.1, 0.15) is 11.1 Å². The maximum absolute atomic E-state index is 12.1. The maximum Gasteiger partial charge on any atom is 0.260 e. The molecule has 7 nitrogen and oxygen atoms in total. The molecule has 2 aromatic rings. The van der Waals surface area contributed by atoms with E-state index in [1.165, 1.54) is 11.8 Å². The number of hydrogen-bond acceptors (Lipinski definition) is 6. The fourth-order valence-corrected chi connectivity index (χ4v) is 4.01. The summed E-state index contributed by atoms with van der Waals surface area (Å²) in [4.78, 5) is 25.7. The van der Waals surface area contributed by atoms with Gasteiger partial charge in [-0.3, -0.25) is 9.59 Å². The van der Waals surface area contributed by atoms with E-state index in [-0.39, 0.29) is 18.4 Å². The van der Waals surface area contributed by atoms with Gasteiger partial charge in [0, 0.05) is 23.3 Å². The van der Waals surface area contributed by atoms with Crippen LogP contribution in [0.25, 0.3) is 0 Å². The standard InChI is InChI=1S/C22H24BrN3O4S/c23-19-3-1-2-18(12-19)15-31-16-21(27)25-24-13-17-4-6-20(7-5-17)30-14-22(28)26-8-10-29-11-9-26/h1-7,12-13H,8-11,14-16H2,(H,25,27)/b24-13+. The van der Waals surface area contributed by atoms with Crippen LogP contribution in [0, 0.1) is 0 Å². The predicted octanol–water partition coefficient (Wildman–Crippen LogP) is 3.07. The van der Waals surface area contributed by atoms with E-state index < -0.39 is 0 Å². The van der Waals surface area contributed by atoms with Crippen LogP contribution in [-0.4, -0.2) is 61.6 Å². The Balaban J connectivity index is 1.34. The van der Waals surface area contributed by atoms with Crippen LogP contribution in [0.4, 0.5) is 0 Å². The highest BCUT2D eigenvalue weighted by Crippen LogP contribution is 2.17. The second kappa shape index (κ2) is 12.5. The zero-order chi connectivity index (χ0) is 21.9. The molecule has 2 amide bonds. The second-order valence-electron chi connectivity index (χ2n) is 6.77. The third kappa shape index (κ3) is 8.35. The molecule has 0 aromatic heterocycles. The van der Waals surface area contributed by atoms with Crippen LogP contribution < -0.4 is 10.2 Å². The highest BCUT2D eigenvalue weighted by molar-refractivity contribution is 9.10. The first kappa shape index (κ1) is 23.3. The zero-order valence-corrected chi connectivity index (χ0v) is 19.4. The van der Waals surface area contributed by atoms with Crippen molar-refractivity contribution < 1.29 is 19.1 Å². The lowest BCUT2D eigenvalue weighted by atomic mass is 10.2. The Morgan fingerprint density at radius 3 is 2.71 bits per heavy atom. The molecule has 0 bridgehead atoms. The Morgan fingerprint density at radius 1 is 1.19 bits per heavy atom. The molecule has 0 unspecified atom stereocenters. The first-order valence-corrected chi connectivity index (χ1v) is 11.8. The monoisotopic (exact) mass is 505 g/mol. The number of morpholine rings is 1. The van der Waals surface area contributed by atoms with Gasteiger partial charge < -0.3 is 14.4 Å². The third-order valence-corrected chi connectivity index (χ3v) is 5.90. The summed E-state index contributed by atoms with van der Waals surface area (Å²) in [7, 11) is 0. The van der Waals surface area contributed by atoms with E-state index in [9.17, 15) is 9.59 Å². The summed E-state index contributed by atoms with van der Waals surface area (Å²) in [6.07, 6.45) is 1.57. The van der Waals surface area contributed by atoms with E-state index in [0.29, 0.717) is 37.8 Å². The Hall–Kier alpha value is -2.36. The minimum absolute atomic E-state index is 0.00109. The largest absolute Gasteiger partial charge is 0.484 e. The molecular formula is C22H24BrN3O4S. The van der Waals surface area contributed by atoms with E-state index in [1.54, 1.807) is 23.2 Å². The molecule has 1 fully saturated rings. The molecule has 0 spiro atoms. The quantitative estimate of drug-likeness (QED) is 0.418. The summed E-state index contributed by atoms with van der Waals surface area (Å²) in [5.41, 5.74) is 4.50. The second-order valence-corrected chi connectivity index (χ2v) is 8.67. The molecule has 0 aliphatic carbocycles. The van der Waals surface area contributed by atoms with Crippen molar-refractivity contribution in [3.05, 3.63) is 64.1 Å². The van der Waals surface area contributed by atoms with Gasteiger partial charge in [-0.1, -0.05) is 28.1 Å². The smallest absolute Gasteiger partial charge is 0.260 e. The number of halogens is 1. The minimum Gasteiger partial charge on any atom is -0.484 e. The van der Waals surface area contributed by atoms with Gasteiger partial charge in [0.05, 0.1) is 25.2 Å². The molecule has 0 atom stereocenters. The van der Waals surface area contributed by atoms with E-state index >= 15 is 0 Å². The highest BCUT2D eigenvalue weighted by atomic mass is 79.9. The van der Waals surface area contributed by atoms with Crippen LogP contribution in [0.5, 0.6) is 5.75 Å². The van der Waals surface area contributed by atoms with Gasteiger partial charge in [0.1, 0.15) is 5.75 Å². The Kier molecular flexibility index (Phi) is 9.39. The lowest BCUT2D eigenvalue weighted by molar-refractivity contribution is -0.137. The molecule has 1 N–H and O–H groups in total.